The molecular weight excluding hydrogens is 286 g/mol. The van der Waals surface area contributed by atoms with E-state index in [1.165, 1.54) is 14.0 Å². The van der Waals surface area contributed by atoms with Gasteiger partial charge in [-0.25, -0.2) is 4.79 Å². The van der Waals surface area contributed by atoms with Gasteiger partial charge in [-0.15, -0.1) is 0 Å². The van der Waals surface area contributed by atoms with Crippen LogP contribution >= 0.6 is 0 Å². The molecule has 0 spiro atoms. The van der Waals surface area contributed by atoms with Crippen molar-refractivity contribution in [1.82, 2.24) is 5.32 Å². The van der Waals surface area contributed by atoms with E-state index in [0.717, 1.165) is 0 Å². The van der Waals surface area contributed by atoms with Gasteiger partial charge in [0.05, 0.1) is 13.5 Å². The quantitative estimate of drug-likeness (QED) is 0.747. The molecule has 0 aromatic heterocycles. The number of carboxylic acid groups (broad SMARTS) is 1. The lowest BCUT2D eigenvalue weighted by Gasteiger charge is -2.18. The number of ketones is 1. The molecular formula is C16H21NO5. The molecule has 1 unspecified atom stereocenters. The fraction of sp³-hybridized carbons (Fsp3) is 0.438. The molecule has 0 fully saturated rings. The summed E-state index contributed by atoms with van der Waals surface area (Å²) in [4.78, 5) is 34.6. The zero-order chi connectivity index (χ0) is 16.9. The first-order chi connectivity index (χ1) is 10.3. The second-order valence-corrected chi connectivity index (χ2v) is 5.39. The largest absolute Gasteiger partial charge is 0.496 e. The van der Waals surface area contributed by atoms with Crippen molar-refractivity contribution in [2.75, 3.05) is 7.11 Å². The summed E-state index contributed by atoms with van der Waals surface area (Å²) in [5, 5.41) is 11.6. The fourth-order valence-corrected chi connectivity index (χ4v) is 2.05. The van der Waals surface area contributed by atoms with E-state index >= 15 is 0 Å². The second kappa shape index (κ2) is 7.59. The first-order valence-electron chi connectivity index (χ1n) is 6.96. The number of hydrogen-bond acceptors (Lipinski definition) is 4. The molecule has 0 radical (unpaired) electrons. The van der Waals surface area contributed by atoms with E-state index in [2.05, 4.69) is 5.32 Å². The number of aliphatic carboxylic acids is 1. The number of hydrogen-bond donors (Lipinski definition) is 2. The summed E-state index contributed by atoms with van der Waals surface area (Å²) in [6.07, 6.45) is -0.0548. The van der Waals surface area contributed by atoms with E-state index in [9.17, 15) is 14.4 Å². The minimum absolute atomic E-state index is 0.0548. The number of ether oxygens (including phenoxy) is 1. The molecule has 0 aliphatic carbocycles. The van der Waals surface area contributed by atoms with Crippen LogP contribution in [-0.2, 0) is 16.0 Å². The van der Waals surface area contributed by atoms with Crippen molar-refractivity contribution in [3.05, 3.63) is 29.3 Å². The molecule has 6 nitrogen and oxygen atoms in total. The molecule has 22 heavy (non-hydrogen) atoms. The van der Waals surface area contributed by atoms with Crippen LogP contribution in [0.4, 0.5) is 0 Å². The summed E-state index contributed by atoms with van der Waals surface area (Å²) in [6, 6.07) is 3.88. The molecule has 120 valence electrons. The molecule has 1 rings (SSSR count). The van der Waals surface area contributed by atoms with Gasteiger partial charge >= 0.3 is 5.97 Å². The molecule has 1 atom stereocenters. The van der Waals surface area contributed by atoms with E-state index < -0.39 is 17.9 Å². The van der Waals surface area contributed by atoms with Gasteiger partial charge in [-0.1, -0.05) is 13.8 Å². The van der Waals surface area contributed by atoms with Gasteiger partial charge in [0.2, 0.25) is 5.91 Å². The van der Waals surface area contributed by atoms with Crippen molar-refractivity contribution in [3.63, 3.8) is 0 Å². The third-order valence-corrected chi connectivity index (χ3v) is 3.29. The van der Waals surface area contributed by atoms with Crippen molar-refractivity contribution in [2.24, 2.45) is 5.92 Å². The molecule has 1 aromatic rings. The predicted molar refractivity (Wildman–Crippen MR) is 81.1 cm³/mol. The number of carbonyl (C=O) groups excluding carboxylic acids is 2. The number of Topliss-reactive ketones (excluding diaryl/α,β-unsaturated/α-hetero) is 1. The minimum Gasteiger partial charge on any atom is -0.496 e. The third kappa shape index (κ3) is 4.58. The number of methoxy groups -OCH3 is 1. The van der Waals surface area contributed by atoms with Crippen LogP contribution < -0.4 is 10.1 Å². The molecule has 1 aromatic carbocycles. The Bertz CT molecular complexity index is 580. The summed E-state index contributed by atoms with van der Waals surface area (Å²) >= 11 is 0. The Labute approximate surface area is 129 Å². The van der Waals surface area contributed by atoms with Gasteiger partial charge in [-0.05, 0) is 31.0 Å². The lowest BCUT2D eigenvalue weighted by Crippen LogP contribution is -2.44. The highest BCUT2D eigenvalue weighted by molar-refractivity contribution is 5.95. The number of amides is 1. The Morgan fingerprint density at radius 1 is 1.27 bits per heavy atom. The standard InChI is InChI=1S/C16H21NO5/c1-9(2)15(16(20)21)17-14(19)8-12-7-11(10(3)18)5-6-13(12)22-4/h5-7,9,15H,8H2,1-4H3,(H,17,19)(H,20,21). The fourth-order valence-electron chi connectivity index (χ4n) is 2.05. The lowest BCUT2D eigenvalue weighted by atomic mass is 10.0. The third-order valence-electron chi connectivity index (χ3n) is 3.29. The highest BCUT2D eigenvalue weighted by atomic mass is 16.5. The monoisotopic (exact) mass is 307 g/mol. The molecule has 6 heteroatoms. The summed E-state index contributed by atoms with van der Waals surface area (Å²) < 4.78 is 5.17. The molecule has 0 saturated carbocycles. The number of carbonyl (C=O) groups is 3. The van der Waals surface area contributed by atoms with Crippen LogP contribution in [0, 0.1) is 5.92 Å². The van der Waals surface area contributed by atoms with E-state index in [4.69, 9.17) is 9.84 Å². The van der Waals surface area contributed by atoms with E-state index in [0.29, 0.717) is 16.9 Å². The zero-order valence-corrected chi connectivity index (χ0v) is 13.2. The van der Waals surface area contributed by atoms with Crippen LogP contribution in [0.25, 0.3) is 0 Å². The van der Waals surface area contributed by atoms with E-state index in [-0.39, 0.29) is 18.1 Å². The summed E-state index contributed by atoms with van der Waals surface area (Å²) in [5.74, 6) is -1.37. The average molecular weight is 307 g/mol. The zero-order valence-electron chi connectivity index (χ0n) is 13.2. The molecule has 0 aliphatic rings. The number of rotatable bonds is 7. The number of carboxylic acids is 1. The second-order valence-electron chi connectivity index (χ2n) is 5.39. The van der Waals surface area contributed by atoms with Crippen LogP contribution in [0.3, 0.4) is 0 Å². The molecule has 2 N–H and O–H groups in total. The summed E-state index contributed by atoms with van der Waals surface area (Å²) in [6.45, 7) is 4.87. The van der Waals surface area contributed by atoms with Crippen molar-refractivity contribution >= 4 is 17.7 Å². The van der Waals surface area contributed by atoms with Crippen LogP contribution in [-0.4, -0.2) is 35.9 Å². The maximum absolute atomic E-state index is 12.1. The van der Waals surface area contributed by atoms with Crippen molar-refractivity contribution in [1.29, 1.82) is 0 Å². The Morgan fingerprint density at radius 2 is 1.91 bits per heavy atom. The van der Waals surface area contributed by atoms with Crippen molar-refractivity contribution in [3.8, 4) is 5.75 Å². The SMILES string of the molecule is COc1ccc(C(C)=O)cc1CC(=O)NC(C(=O)O)C(C)C. The first kappa shape index (κ1) is 17.7. The normalized spacial score (nSPS) is 11.9. The predicted octanol–water partition coefficient (Wildman–Crippen LogP) is 1.67. The minimum atomic E-state index is -1.08. The van der Waals surface area contributed by atoms with Gasteiger partial charge in [0.25, 0.3) is 0 Å². The Kier molecular flexibility index (Phi) is 6.10. The topological polar surface area (TPSA) is 92.7 Å². The smallest absolute Gasteiger partial charge is 0.326 e. The molecule has 0 saturated heterocycles. The number of benzene rings is 1. The maximum Gasteiger partial charge on any atom is 0.326 e. The van der Waals surface area contributed by atoms with Gasteiger partial charge in [-0.2, -0.15) is 0 Å². The van der Waals surface area contributed by atoms with Gasteiger partial charge < -0.3 is 15.2 Å². The molecule has 0 bridgehead atoms. The van der Waals surface area contributed by atoms with Gasteiger partial charge in [-0.3, -0.25) is 9.59 Å². The highest BCUT2D eigenvalue weighted by Gasteiger charge is 2.24. The number of nitrogens with one attached hydrogen (secondary N) is 1. The van der Waals surface area contributed by atoms with Gasteiger partial charge in [0.1, 0.15) is 11.8 Å². The molecule has 0 heterocycles. The summed E-state index contributed by atoms with van der Waals surface area (Å²) in [7, 11) is 1.47. The van der Waals surface area contributed by atoms with Crippen LogP contribution in [0.5, 0.6) is 5.75 Å². The van der Waals surface area contributed by atoms with Crippen LogP contribution in [0.1, 0.15) is 36.7 Å². The Morgan fingerprint density at radius 3 is 2.36 bits per heavy atom. The van der Waals surface area contributed by atoms with Crippen molar-refractivity contribution < 1.29 is 24.2 Å². The van der Waals surface area contributed by atoms with Gasteiger partial charge in [0, 0.05) is 11.1 Å². The summed E-state index contributed by atoms with van der Waals surface area (Å²) in [5.41, 5.74) is 1.02. The Balaban J connectivity index is 2.93. The molecule has 0 aliphatic heterocycles. The lowest BCUT2D eigenvalue weighted by molar-refractivity contribution is -0.143. The first-order valence-corrected chi connectivity index (χ1v) is 6.96. The Hall–Kier alpha value is -2.37. The highest BCUT2D eigenvalue weighted by Crippen LogP contribution is 2.21. The van der Waals surface area contributed by atoms with Crippen LogP contribution in [0.15, 0.2) is 18.2 Å². The van der Waals surface area contributed by atoms with Crippen LogP contribution in [0.2, 0.25) is 0 Å². The van der Waals surface area contributed by atoms with Gasteiger partial charge in [0.15, 0.2) is 5.78 Å². The van der Waals surface area contributed by atoms with E-state index in [1.807, 2.05) is 0 Å². The molecule has 1 amide bonds. The van der Waals surface area contributed by atoms with E-state index in [1.54, 1.807) is 32.0 Å². The average Bonchev–Trinajstić information content (AvgIpc) is 2.43. The van der Waals surface area contributed by atoms with Crippen molar-refractivity contribution in [2.45, 2.75) is 33.2 Å². The maximum atomic E-state index is 12.1.